The fraction of sp³-hybridized carbons (Fsp3) is 0.526. The molecule has 25 heavy (non-hydrogen) atoms. The van der Waals surface area contributed by atoms with Crippen molar-refractivity contribution in [3.05, 3.63) is 30.5 Å². The van der Waals surface area contributed by atoms with Crippen LogP contribution in [0.4, 0.5) is 0 Å². The molecule has 5 nitrogen and oxygen atoms in total. The molecular formula is C19H27N3O2S. The van der Waals surface area contributed by atoms with E-state index in [1.165, 1.54) is 15.8 Å². The summed E-state index contributed by atoms with van der Waals surface area (Å²) in [5.74, 6) is 1.05. The summed E-state index contributed by atoms with van der Waals surface area (Å²) < 4.78 is 7.80. The Bertz CT molecular complexity index is 729. The first-order chi connectivity index (χ1) is 12.0. The Kier molecular flexibility index (Phi) is 6.04. The molecular weight excluding hydrogens is 334 g/mol. The molecule has 1 aromatic carbocycles. The fourth-order valence-electron chi connectivity index (χ4n) is 3.38. The van der Waals surface area contributed by atoms with E-state index < -0.39 is 0 Å². The number of carbonyl (C=O) groups is 1. The average Bonchev–Trinajstić information content (AvgIpc) is 2.75. The van der Waals surface area contributed by atoms with E-state index in [4.69, 9.17) is 4.74 Å². The number of hydrogen-bond donors (Lipinski definition) is 0. The Morgan fingerprint density at radius 1 is 1.36 bits per heavy atom. The molecule has 2 heterocycles. The third kappa shape index (κ3) is 4.57. The Morgan fingerprint density at radius 3 is 2.96 bits per heavy atom. The van der Waals surface area contributed by atoms with E-state index in [0.29, 0.717) is 24.8 Å². The van der Waals surface area contributed by atoms with E-state index in [-0.39, 0.29) is 5.91 Å². The second-order valence-corrected chi connectivity index (χ2v) is 7.97. The molecule has 0 unspecified atom stereocenters. The number of thioether (sulfide) groups is 1. The van der Waals surface area contributed by atoms with Gasteiger partial charge < -0.3 is 19.1 Å². The minimum absolute atomic E-state index is 0.201. The highest BCUT2D eigenvalue weighted by Crippen LogP contribution is 2.29. The first-order valence-electron chi connectivity index (χ1n) is 8.71. The number of ether oxygens (including phenoxy) is 1. The first kappa shape index (κ1) is 18.3. The highest BCUT2D eigenvalue weighted by Gasteiger charge is 2.23. The number of hydrogen-bond acceptors (Lipinski definition) is 4. The Balaban J connectivity index is 1.63. The van der Waals surface area contributed by atoms with Gasteiger partial charge in [0.25, 0.3) is 0 Å². The van der Waals surface area contributed by atoms with Crippen LogP contribution < -0.4 is 0 Å². The molecule has 1 aromatic heterocycles. The van der Waals surface area contributed by atoms with Gasteiger partial charge in [0, 0.05) is 54.6 Å². The molecule has 0 aliphatic carbocycles. The van der Waals surface area contributed by atoms with E-state index in [1.807, 2.05) is 24.1 Å². The van der Waals surface area contributed by atoms with Crippen molar-refractivity contribution in [3.63, 3.8) is 0 Å². The van der Waals surface area contributed by atoms with Crippen LogP contribution in [0.2, 0.25) is 0 Å². The molecule has 0 spiro atoms. The second kappa shape index (κ2) is 8.25. The minimum atomic E-state index is 0.201. The van der Waals surface area contributed by atoms with Gasteiger partial charge in [0.1, 0.15) is 0 Å². The number of fused-ring (bicyclic) bond motifs is 1. The van der Waals surface area contributed by atoms with Gasteiger partial charge in [-0.15, -0.1) is 11.8 Å². The third-order valence-corrected chi connectivity index (χ3v) is 5.55. The van der Waals surface area contributed by atoms with Gasteiger partial charge in [-0.2, -0.15) is 0 Å². The molecule has 2 aromatic rings. The fourth-order valence-corrected chi connectivity index (χ4v) is 4.41. The summed E-state index contributed by atoms with van der Waals surface area (Å²) in [7, 11) is 6.17. The van der Waals surface area contributed by atoms with Crippen LogP contribution in [0.15, 0.2) is 35.4 Å². The van der Waals surface area contributed by atoms with Crippen LogP contribution in [0.25, 0.3) is 10.9 Å². The summed E-state index contributed by atoms with van der Waals surface area (Å²) in [4.78, 5) is 18.0. The molecule has 0 bridgehead atoms. The maximum Gasteiger partial charge on any atom is 0.233 e. The van der Waals surface area contributed by atoms with E-state index in [9.17, 15) is 4.79 Å². The van der Waals surface area contributed by atoms with Gasteiger partial charge in [0.05, 0.1) is 19.0 Å². The van der Waals surface area contributed by atoms with E-state index in [0.717, 1.165) is 19.7 Å². The number of aromatic nitrogens is 1. The summed E-state index contributed by atoms with van der Waals surface area (Å²) in [6, 6.07) is 8.32. The predicted molar refractivity (Wildman–Crippen MR) is 103 cm³/mol. The van der Waals surface area contributed by atoms with Crippen molar-refractivity contribution in [2.45, 2.75) is 4.90 Å². The van der Waals surface area contributed by atoms with Gasteiger partial charge in [-0.3, -0.25) is 4.79 Å². The van der Waals surface area contributed by atoms with Gasteiger partial charge in [0.2, 0.25) is 5.91 Å². The highest BCUT2D eigenvalue weighted by molar-refractivity contribution is 8.00. The van der Waals surface area contributed by atoms with Crippen LogP contribution in [-0.2, 0) is 16.6 Å². The van der Waals surface area contributed by atoms with Crippen molar-refractivity contribution in [2.24, 2.45) is 13.0 Å². The molecule has 1 fully saturated rings. The normalized spacial score (nSPS) is 18.7. The smallest absolute Gasteiger partial charge is 0.233 e. The van der Waals surface area contributed by atoms with Crippen molar-refractivity contribution >= 4 is 28.6 Å². The lowest BCUT2D eigenvalue weighted by molar-refractivity contribution is -0.128. The third-order valence-electron chi connectivity index (χ3n) is 4.53. The van der Waals surface area contributed by atoms with E-state index >= 15 is 0 Å². The molecule has 1 amide bonds. The number of aryl methyl sites for hydroxylation is 1. The molecule has 136 valence electrons. The van der Waals surface area contributed by atoms with Gasteiger partial charge in [-0.25, -0.2) is 0 Å². The largest absolute Gasteiger partial charge is 0.379 e. The van der Waals surface area contributed by atoms with E-state index in [2.05, 4.69) is 41.9 Å². The number of amides is 1. The van der Waals surface area contributed by atoms with Crippen molar-refractivity contribution < 1.29 is 9.53 Å². The van der Waals surface area contributed by atoms with Gasteiger partial charge in [0.15, 0.2) is 0 Å². The first-order valence-corrected chi connectivity index (χ1v) is 9.70. The Morgan fingerprint density at radius 2 is 2.16 bits per heavy atom. The maximum absolute atomic E-state index is 12.7. The maximum atomic E-state index is 12.7. The standard InChI is InChI=1S/C19H27N3O2S/c1-20(2)10-15-11-22(8-9-24-13-15)19(23)14-25-18-12-21(3)17-7-5-4-6-16(17)18/h4-7,12,15H,8-11,13-14H2,1-3H3/t15-/m1/s1. The lowest BCUT2D eigenvalue weighted by atomic mass is 10.1. The van der Waals surface area contributed by atoms with Crippen LogP contribution in [-0.4, -0.2) is 73.0 Å². The molecule has 0 saturated carbocycles. The summed E-state index contributed by atoms with van der Waals surface area (Å²) in [6.45, 7) is 3.79. The van der Waals surface area contributed by atoms with Crippen molar-refractivity contribution in [1.82, 2.24) is 14.4 Å². The van der Waals surface area contributed by atoms with Crippen LogP contribution in [0.3, 0.4) is 0 Å². The summed E-state index contributed by atoms with van der Waals surface area (Å²) in [5.41, 5.74) is 1.20. The van der Waals surface area contributed by atoms with Crippen LogP contribution >= 0.6 is 11.8 Å². The lowest BCUT2D eigenvalue weighted by Crippen LogP contribution is -2.39. The molecule has 3 rings (SSSR count). The molecule has 1 aliphatic rings. The Hall–Kier alpha value is -1.50. The molecule has 1 aliphatic heterocycles. The minimum Gasteiger partial charge on any atom is -0.379 e. The van der Waals surface area contributed by atoms with Crippen molar-refractivity contribution in [3.8, 4) is 0 Å². The van der Waals surface area contributed by atoms with Crippen molar-refractivity contribution in [1.29, 1.82) is 0 Å². The molecule has 0 radical (unpaired) electrons. The number of nitrogens with zero attached hydrogens (tertiary/aromatic N) is 3. The number of carbonyl (C=O) groups excluding carboxylic acids is 1. The molecule has 6 heteroatoms. The summed E-state index contributed by atoms with van der Waals surface area (Å²) in [5, 5.41) is 1.22. The number of benzene rings is 1. The molecule has 0 N–H and O–H groups in total. The quantitative estimate of drug-likeness (QED) is 0.766. The topological polar surface area (TPSA) is 37.7 Å². The van der Waals surface area contributed by atoms with Crippen LogP contribution in [0.1, 0.15) is 0 Å². The second-order valence-electron chi connectivity index (χ2n) is 6.95. The van der Waals surface area contributed by atoms with Gasteiger partial charge in [-0.05, 0) is 20.2 Å². The van der Waals surface area contributed by atoms with Gasteiger partial charge in [-0.1, -0.05) is 18.2 Å². The van der Waals surface area contributed by atoms with Crippen molar-refractivity contribution in [2.75, 3.05) is 52.7 Å². The predicted octanol–water partition coefficient (Wildman–Crippen LogP) is 2.31. The SMILES string of the molecule is CN(C)C[C@H]1COCCN(C(=O)CSc2cn(C)c3ccccc23)C1. The van der Waals surface area contributed by atoms with E-state index in [1.54, 1.807) is 11.8 Å². The van der Waals surface area contributed by atoms with Gasteiger partial charge >= 0.3 is 0 Å². The highest BCUT2D eigenvalue weighted by atomic mass is 32.2. The van der Waals surface area contributed by atoms with Crippen LogP contribution in [0, 0.1) is 5.92 Å². The number of rotatable bonds is 5. The summed E-state index contributed by atoms with van der Waals surface area (Å²) >= 11 is 1.63. The average molecular weight is 362 g/mol. The zero-order valence-corrected chi connectivity index (χ0v) is 16.1. The zero-order valence-electron chi connectivity index (χ0n) is 15.3. The molecule has 1 atom stereocenters. The molecule has 1 saturated heterocycles. The Labute approximate surface area is 153 Å². The monoisotopic (exact) mass is 361 g/mol. The number of para-hydroxylation sites is 1. The zero-order chi connectivity index (χ0) is 17.8. The summed E-state index contributed by atoms with van der Waals surface area (Å²) in [6.07, 6.45) is 2.11. The lowest BCUT2D eigenvalue weighted by Gasteiger charge is -2.25. The van der Waals surface area contributed by atoms with Crippen LogP contribution in [0.5, 0.6) is 0 Å².